The summed E-state index contributed by atoms with van der Waals surface area (Å²) in [6.07, 6.45) is 0. The van der Waals surface area contributed by atoms with Crippen LogP contribution in [0.15, 0.2) is 42.5 Å². The lowest BCUT2D eigenvalue weighted by Crippen LogP contribution is -2.08. The van der Waals surface area contributed by atoms with E-state index in [9.17, 15) is 0 Å². The Morgan fingerprint density at radius 3 is 2.40 bits per heavy atom. The van der Waals surface area contributed by atoms with Crippen molar-refractivity contribution in [2.75, 3.05) is 7.11 Å². The fourth-order valence-corrected chi connectivity index (χ4v) is 2.03. The molecular weight excluding hydrogens is 250 g/mol. The normalized spacial score (nSPS) is 12.0. The SMILES string of the molecule is COc1ccc(COc2cc(C)ccc2[C@H](C)N)cc1. The van der Waals surface area contributed by atoms with E-state index in [1.54, 1.807) is 7.11 Å². The van der Waals surface area contributed by atoms with Gasteiger partial charge in [-0.2, -0.15) is 0 Å². The van der Waals surface area contributed by atoms with Gasteiger partial charge in [-0.1, -0.05) is 24.3 Å². The van der Waals surface area contributed by atoms with Crippen molar-refractivity contribution in [1.82, 2.24) is 0 Å². The van der Waals surface area contributed by atoms with Crippen LogP contribution in [0.25, 0.3) is 0 Å². The Hall–Kier alpha value is -2.00. The van der Waals surface area contributed by atoms with Crippen LogP contribution in [0.2, 0.25) is 0 Å². The minimum absolute atomic E-state index is 0.0403. The molecule has 0 radical (unpaired) electrons. The fraction of sp³-hybridized carbons (Fsp3) is 0.294. The molecule has 3 nitrogen and oxygen atoms in total. The predicted molar refractivity (Wildman–Crippen MR) is 81.1 cm³/mol. The van der Waals surface area contributed by atoms with E-state index in [4.69, 9.17) is 15.2 Å². The molecule has 2 rings (SSSR count). The van der Waals surface area contributed by atoms with Gasteiger partial charge in [0.05, 0.1) is 7.11 Å². The number of benzene rings is 2. The standard InChI is InChI=1S/C17H21NO2/c1-12-4-9-16(13(2)18)17(10-12)20-11-14-5-7-15(19-3)8-6-14/h4-10,13H,11,18H2,1-3H3/t13-/m0/s1. The van der Waals surface area contributed by atoms with E-state index in [2.05, 4.69) is 6.07 Å². The summed E-state index contributed by atoms with van der Waals surface area (Å²) in [6, 6.07) is 13.9. The summed E-state index contributed by atoms with van der Waals surface area (Å²) in [5.41, 5.74) is 9.27. The molecule has 2 aromatic carbocycles. The highest BCUT2D eigenvalue weighted by atomic mass is 16.5. The lowest BCUT2D eigenvalue weighted by atomic mass is 10.1. The largest absolute Gasteiger partial charge is 0.497 e. The third-order valence-electron chi connectivity index (χ3n) is 3.21. The number of aryl methyl sites for hydroxylation is 1. The number of rotatable bonds is 5. The smallest absolute Gasteiger partial charge is 0.124 e. The van der Waals surface area contributed by atoms with Gasteiger partial charge in [0.1, 0.15) is 18.1 Å². The van der Waals surface area contributed by atoms with Crippen molar-refractivity contribution >= 4 is 0 Å². The van der Waals surface area contributed by atoms with Gasteiger partial charge in [0.25, 0.3) is 0 Å². The summed E-state index contributed by atoms with van der Waals surface area (Å²) < 4.78 is 11.1. The summed E-state index contributed by atoms with van der Waals surface area (Å²) in [5.74, 6) is 1.70. The number of ether oxygens (including phenoxy) is 2. The van der Waals surface area contributed by atoms with Crippen LogP contribution in [-0.4, -0.2) is 7.11 Å². The number of methoxy groups -OCH3 is 1. The lowest BCUT2D eigenvalue weighted by molar-refractivity contribution is 0.301. The third-order valence-corrected chi connectivity index (χ3v) is 3.21. The molecule has 0 saturated carbocycles. The van der Waals surface area contributed by atoms with Crippen LogP contribution in [0.5, 0.6) is 11.5 Å². The molecule has 0 heterocycles. The van der Waals surface area contributed by atoms with Crippen LogP contribution in [-0.2, 0) is 6.61 Å². The van der Waals surface area contributed by atoms with Crippen molar-refractivity contribution in [2.24, 2.45) is 5.73 Å². The highest BCUT2D eigenvalue weighted by Crippen LogP contribution is 2.26. The van der Waals surface area contributed by atoms with Crippen molar-refractivity contribution < 1.29 is 9.47 Å². The maximum atomic E-state index is 5.97. The molecule has 0 aliphatic carbocycles. The molecule has 0 fully saturated rings. The summed E-state index contributed by atoms with van der Waals surface area (Å²) >= 11 is 0. The molecule has 0 aliphatic heterocycles. The molecule has 0 aromatic heterocycles. The zero-order valence-corrected chi connectivity index (χ0v) is 12.2. The van der Waals surface area contributed by atoms with E-state index in [-0.39, 0.29) is 6.04 Å². The molecule has 20 heavy (non-hydrogen) atoms. The highest BCUT2D eigenvalue weighted by molar-refractivity contribution is 5.39. The first-order chi connectivity index (χ1) is 9.60. The van der Waals surface area contributed by atoms with Crippen molar-refractivity contribution in [3.8, 4) is 11.5 Å². The van der Waals surface area contributed by atoms with Crippen LogP contribution in [0.1, 0.15) is 29.7 Å². The number of hydrogen-bond donors (Lipinski definition) is 1. The molecule has 0 bridgehead atoms. The van der Waals surface area contributed by atoms with Gasteiger partial charge in [0, 0.05) is 11.6 Å². The molecule has 3 heteroatoms. The van der Waals surface area contributed by atoms with E-state index in [1.807, 2.05) is 50.2 Å². The molecule has 0 saturated heterocycles. The number of nitrogens with two attached hydrogens (primary N) is 1. The molecular formula is C17H21NO2. The highest BCUT2D eigenvalue weighted by Gasteiger charge is 2.08. The minimum Gasteiger partial charge on any atom is -0.497 e. The van der Waals surface area contributed by atoms with Crippen LogP contribution >= 0.6 is 0 Å². The molecule has 1 atom stereocenters. The molecule has 0 unspecified atom stereocenters. The Kier molecular flexibility index (Phi) is 4.64. The van der Waals surface area contributed by atoms with E-state index in [0.717, 1.165) is 22.6 Å². The second-order valence-corrected chi connectivity index (χ2v) is 4.97. The average Bonchev–Trinajstić information content (AvgIpc) is 2.45. The Labute approximate surface area is 120 Å². The third kappa shape index (κ3) is 3.52. The van der Waals surface area contributed by atoms with Crippen molar-refractivity contribution in [3.63, 3.8) is 0 Å². The van der Waals surface area contributed by atoms with E-state index < -0.39 is 0 Å². The van der Waals surface area contributed by atoms with Crippen LogP contribution < -0.4 is 15.2 Å². The quantitative estimate of drug-likeness (QED) is 0.903. The number of hydrogen-bond acceptors (Lipinski definition) is 3. The Morgan fingerprint density at radius 2 is 1.80 bits per heavy atom. The van der Waals surface area contributed by atoms with Gasteiger partial charge in [-0.25, -0.2) is 0 Å². The van der Waals surface area contributed by atoms with Crippen LogP contribution in [0, 0.1) is 6.92 Å². The van der Waals surface area contributed by atoms with Crippen molar-refractivity contribution in [3.05, 3.63) is 59.2 Å². The first-order valence-electron chi connectivity index (χ1n) is 6.72. The van der Waals surface area contributed by atoms with Gasteiger partial charge in [0.2, 0.25) is 0 Å². The maximum Gasteiger partial charge on any atom is 0.124 e. The predicted octanol–water partition coefficient (Wildman–Crippen LogP) is 3.60. The lowest BCUT2D eigenvalue weighted by Gasteiger charge is -2.15. The Morgan fingerprint density at radius 1 is 1.10 bits per heavy atom. The van der Waals surface area contributed by atoms with Gasteiger partial charge >= 0.3 is 0 Å². The topological polar surface area (TPSA) is 44.5 Å². The maximum absolute atomic E-state index is 5.97. The molecule has 2 aromatic rings. The summed E-state index contributed by atoms with van der Waals surface area (Å²) in [5, 5.41) is 0. The average molecular weight is 271 g/mol. The first kappa shape index (κ1) is 14.4. The monoisotopic (exact) mass is 271 g/mol. The molecule has 0 spiro atoms. The van der Waals surface area contributed by atoms with Crippen LogP contribution in [0.4, 0.5) is 0 Å². The second-order valence-electron chi connectivity index (χ2n) is 4.97. The Balaban J connectivity index is 2.11. The van der Waals surface area contributed by atoms with Gasteiger partial charge in [0.15, 0.2) is 0 Å². The minimum atomic E-state index is -0.0403. The first-order valence-corrected chi connectivity index (χ1v) is 6.72. The second kappa shape index (κ2) is 6.44. The van der Waals surface area contributed by atoms with Gasteiger partial charge in [-0.15, -0.1) is 0 Å². The summed E-state index contributed by atoms with van der Waals surface area (Å²) in [7, 11) is 1.66. The molecule has 106 valence electrons. The zero-order valence-electron chi connectivity index (χ0n) is 12.2. The Bertz CT molecular complexity index is 562. The van der Waals surface area contributed by atoms with E-state index in [0.29, 0.717) is 6.61 Å². The molecule has 2 N–H and O–H groups in total. The van der Waals surface area contributed by atoms with Crippen LogP contribution in [0.3, 0.4) is 0 Å². The zero-order chi connectivity index (χ0) is 14.5. The van der Waals surface area contributed by atoms with Gasteiger partial charge < -0.3 is 15.2 Å². The van der Waals surface area contributed by atoms with Gasteiger partial charge in [-0.05, 0) is 43.2 Å². The molecule has 0 aliphatic rings. The van der Waals surface area contributed by atoms with E-state index >= 15 is 0 Å². The fourth-order valence-electron chi connectivity index (χ4n) is 2.03. The van der Waals surface area contributed by atoms with Crippen molar-refractivity contribution in [1.29, 1.82) is 0 Å². The summed E-state index contributed by atoms with van der Waals surface area (Å²) in [6.45, 7) is 4.53. The van der Waals surface area contributed by atoms with Gasteiger partial charge in [-0.3, -0.25) is 0 Å². The summed E-state index contributed by atoms with van der Waals surface area (Å²) in [4.78, 5) is 0. The van der Waals surface area contributed by atoms with E-state index in [1.165, 1.54) is 5.56 Å². The molecule has 0 amide bonds. The van der Waals surface area contributed by atoms with Crippen molar-refractivity contribution in [2.45, 2.75) is 26.5 Å².